The van der Waals surface area contributed by atoms with E-state index in [0.29, 0.717) is 37.0 Å². The molecule has 240 valence electrons. The second-order valence-corrected chi connectivity index (χ2v) is 13.4. The predicted octanol–water partition coefficient (Wildman–Crippen LogP) is 5.84. The van der Waals surface area contributed by atoms with Crippen LogP contribution in [0.25, 0.3) is 0 Å². The third-order valence-corrected chi connectivity index (χ3v) is 10.4. The molecule has 6 aliphatic rings. The average molecular weight is 636 g/mol. The van der Waals surface area contributed by atoms with E-state index in [2.05, 4.69) is 77.8 Å². The van der Waals surface area contributed by atoms with E-state index in [0.717, 1.165) is 72.2 Å². The summed E-state index contributed by atoms with van der Waals surface area (Å²) in [6.07, 6.45) is 20.7. The number of allylic oxidation sites excluding steroid dienone is 5. The summed E-state index contributed by atoms with van der Waals surface area (Å²) < 4.78 is 0. The molecule has 2 unspecified atom stereocenters. The van der Waals surface area contributed by atoms with Crippen molar-refractivity contribution < 1.29 is 4.79 Å². The van der Waals surface area contributed by atoms with Crippen molar-refractivity contribution in [1.82, 2.24) is 20.9 Å². The highest BCUT2D eigenvalue weighted by atomic mass is 32.1. The molecule has 3 fully saturated rings. The zero-order chi connectivity index (χ0) is 32.9. The molecule has 6 rings (SSSR count). The van der Waals surface area contributed by atoms with Gasteiger partial charge >= 0.3 is 0 Å². The third kappa shape index (κ3) is 7.22. The van der Waals surface area contributed by atoms with Gasteiger partial charge in [0, 0.05) is 41.5 Å². The Balaban J connectivity index is 1.16. The summed E-state index contributed by atoms with van der Waals surface area (Å²) in [5, 5.41) is 18.5. The molecule has 0 aromatic heterocycles. The first-order chi connectivity index (χ1) is 22.1. The predicted molar refractivity (Wildman–Crippen MR) is 194 cm³/mol. The maximum atomic E-state index is 11.7. The fourth-order valence-corrected chi connectivity index (χ4v) is 6.87. The summed E-state index contributed by atoms with van der Waals surface area (Å²) in [6, 6.07) is 0.184. The van der Waals surface area contributed by atoms with Gasteiger partial charge in [-0.3, -0.25) is 0 Å². The second kappa shape index (κ2) is 14.0. The van der Waals surface area contributed by atoms with Gasteiger partial charge in [0.1, 0.15) is 11.7 Å². The van der Waals surface area contributed by atoms with Gasteiger partial charge in [0.2, 0.25) is 5.96 Å². The highest BCUT2D eigenvalue weighted by Gasteiger charge is 2.51. The molecule has 3 N–H and O–H groups in total. The van der Waals surface area contributed by atoms with Crippen molar-refractivity contribution in [1.29, 1.82) is 0 Å². The van der Waals surface area contributed by atoms with E-state index in [1.54, 1.807) is 12.3 Å². The maximum Gasteiger partial charge on any atom is 0.247 e. The molecule has 1 aliphatic heterocycles. The van der Waals surface area contributed by atoms with Crippen LogP contribution in [0.2, 0.25) is 0 Å². The van der Waals surface area contributed by atoms with Crippen LogP contribution in [0, 0.1) is 10.8 Å². The molecular weight excluding hydrogens is 591 g/mol. The normalized spacial score (nSPS) is 27.4. The molecular formula is C37H45N7OS. The van der Waals surface area contributed by atoms with Crippen molar-refractivity contribution in [2.75, 3.05) is 19.6 Å². The number of guanidine groups is 1. The molecule has 0 saturated heterocycles. The molecule has 1 heterocycles. The molecule has 8 nitrogen and oxygen atoms in total. The monoisotopic (exact) mass is 635 g/mol. The van der Waals surface area contributed by atoms with Crippen molar-refractivity contribution in [3.8, 4) is 0 Å². The molecule has 5 aliphatic carbocycles. The number of carbonyl (C=O) groups excluding carboxylic acids is 1. The minimum absolute atomic E-state index is 0.101. The van der Waals surface area contributed by atoms with Gasteiger partial charge in [0.05, 0.1) is 24.2 Å². The molecule has 0 radical (unpaired) electrons. The van der Waals surface area contributed by atoms with Crippen molar-refractivity contribution in [3.05, 3.63) is 114 Å². The molecule has 46 heavy (non-hydrogen) atoms. The van der Waals surface area contributed by atoms with Crippen molar-refractivity contribution in [3.63, 3.8) is 0 Å². The molecule has 3 saturated carbocycles. The molecule has 0 aromatic rings. The second-order valence-electron chi connectivity index (χ2n) is 12.9. The van der Waals surface area contributed by atoms with Crippen LogP contribution in [0.5, 0.6) is 0 Å². The van der Waals surface area contributed by atoms with Gasteiger partial charge in [-0.15, -0.1) is 23.5 Å². The summed E-state index contributed by atoms with van der Waals surface area (Å²) in [4.78, 5) is 18.4. The number of nitrogens with zero attached hydrogens (tertiary/aromatic N) is 4. The van der Waals surface area contributed by atoms with E-state index in [1.165, 1.54) is 6.29 Å². The Bertz CT molecular complexity index is 1570. The summed E-state index contributed by atoms with van der Waals surface area (Å²) in [7, 11) is 0. The first kappa shape index (κ1) is 33.0. The minimum atomic E-state index is -0.336. The lowest BCUT2D eigenvalue weighted by Crippen LogP contribution is -2.52. The fraction of sp³-hybridized carbons (Fsp3) is 0.378. The lowest BCUT2D eigenvalue weighted by atomic mass is 9.52. The van der Waals surface area contributed by atoms with Crippen molar-refractivity contribution >= 4 is 36.8 Å². The van der Waals surface area contributed by atoms with Gasteiger partial charge in [-0.2, -0.15) is 5.10 Å². The fourth-order valence-electron chi connectivity index (χ4n) is 6.62. The van der Waals surface area contributed by atoms with Crippen LogP contribution in [0.3, 0.4) is 0 Å². The average Bonchev–Trinajstić information content (AvgIpc) is 3.31. The highest BCUT2D eigenvalue weighted by molar-refractivity contribution is 7.81. The number of aldehydes is 1. The zero-order valence-corrected chi connectivity index (χ0v) is 27.7. The quantitative estimate of drug-likeness (QED) is 0.0834. The Labute approximate surface area is 278 Å². The standard InChI is InChI=1S/C37H45N7OS/c1-7-32(28(5)41-29(6)37-16-13-36(24-45,14-17-37)15-18-37)42-35-43-40-22-34(46)44(35)23-26(3)38-20-30-9-8-10-31(12-11-30)21-39-33-19-25(2)27(33)4/h7-10,12,19,22,24,29,34,38-39,41,46H,1-5,13-18,20-21,23H2,6H3/b42-32+. The van der Waals surface area contributed by atoms with Gasteiger partial charge in [0.25, 0.3) is 0 Å². The first-order valence-corrected chi connectivity index (χ1v) is 16.4. The maximum absolute atomic E-state index is 11.7. The number of rotatable bonds is 14. The van der Waals surface area contributed by atoms with Crippen LogP contribution in [0.1, 0.15) is 45.4 Å². The Morgan fingerprint density at radius 3 is 2.61 bits per heavy atom. The minimum Gasteiger partial charge on any atom is -0.383 e. The van der Waals surface area contributed by atoms with Crippen molar-refractivity contribution in [2.45, 2.75) is 56.9 Å². The lowest BCUT2D eigenvalue weighted by Gasteiger charge is -2.54. The lowest BCUT2D eigenvalue weighted by molar-refractivity contribution is -0.125. The summed E-state index contributed by atoms with van der Waals surface area (Å²) in [5.74, 6) is 0.405. The third-order valence-electron chi connectivity index (χ3n) is 10.0. The summed E-state index contributed by atoms with van der Waals surface area (Å²) in [5.41, 5.74) is 10.6. The molecule has 0 spiro atoms. The number of hydrogen-bond donors (Lipinski definition) is 4. The van der Waals surface area contributed by atoms with Crippen LogP contribution in [0.15, 0.2) is 130 Å². The summed E-state index contributed by atoms with van der Waals surface area (Å²) in [6.45, 7) is 24.4. The zero-order valence-electron chi connectivity index (χ0n) is 26.8. The molecule has 0 aromatic carbocycles. The SMILES string of the molecule is C=C/C(=N\C1=NN=CC(S)N1CC(=C)NCC1=C=CC(CNC2=CC(=C)C2=C)=CC=C1)C(=C)NC(C)C12CCC(C=O)(CC1)CC2. The van der Waals surface area contributed by atoms with Gasteiger partial charge in [0.15, 0.2) is 0 Å². The van der Waals surface area contributed by atoms with Gasteiger partial charge in [-0.05, 0) is 91.9 Å². The van der Waals surface area contributed by atoms with E-state index >= 15 is 0 Å². The van der Waals surface area contributed by atoms with E-state index < -0.39 is 0 Å². The Kier molecular flexibility index (Phi) is 10.0. The van der Waals surface area contributed by atoms with E-state index in [-0.39, 0.29) is 22.2 Å². The Hall–Kier alpha value is -4.33. The topological polar surface area (TPSA) is 93.5 Å². The molecule has 2 bridgehead atoms. The Morgan fingerprint density at radius 1 is 1.22 bits per heavy atom. The van der Waals surface area contributed by atoms with E-state index in [9.17, 15) is 4.79 Å². The number of thiol groups is 1. The number of aliphatic imine (C=N–C) groups is 1. The van der Waals surface area contributed by atoms with E-state index in [1.807, 2.05) is 29.2 Å². The van der Waals surface area contributed by atoms with Crippen LogP contribution in [-0.2, 0) is 4.79 Å². The molecule has 2 atom stereocenters. The molecule has 0 amide bonds. The molecule has 9 heteroatoms. The van der Waals surface area contributed by atoms with Crippen LogP contribution < -0.4 is 16.0 Å². The van der Waals surface area contributed by atoms with Gasteiger partial charge < -0.3 is 25.6 Å². The largest absolute Gasteiger partial charge is 0.383 e. The van der Waals surface area contributed by atoms with E-state index in [4.69, 9.17) is 17.6 Å². The number of nitrogens with one attached hydrogen (secondary N) is 3. The number of fused-ring (bicyclic) bond motifs is 3. The van der Waals surface area contributed by atoms with Gasteiger partial charge in [-0.1, -0.05) is 45.0 Å². The van der Waals surface area contributed by atoms with Crippen molar-refractivity contribution in [2.24, 2.45) is 26.0 Å². The van der Waals surface area contributed by atoms with Gasteiger partial charge in [-0.25, -0.2) is 4.99 Å². The van der Waals surface area contributed by atoms with Crippen LogP contribution >= 0.6 is 12.6 Å². The highest BCUT2D eigenvalue weighted by Crippen LogP contribution is 2.57. The first-order valence-electron chi connectivity index (χ1n) is 15.8. The number of hydrogen-bond acceptors (Lipinski definition) is 9. The summed E-state index contributed by atoms with van der Waals surface area (Å²) >= 11 is 4.72. The van der Waals surface area contributed by atoms with Crippen LogP contribution in [0.4, 0.5) is 0 Å². The number of carbonyl (C=O) groups is 1. The Morgan fingerprint density at radius 2 is 1.96 bits per heavy atom. The smallest absolute Gasteiger partial charge is 0.247 e. The van der Waals surface area contributed by atoms with Crippen LogP contribution in [-0.4, -0.2) is 60.1 Å².